The number of hydrogen-bond donors (Lipinski definition) is 3. The second-order valence-electron chi connectivity index (χ2n) is 5.52. The lowest BCUT2D eigenvalue weighted by molar-refractivity contribution is 0.389. The Kier molecular flexibility index (Phi) is 3.60. The number of anilines is 2. The van der Waals surface area contributed by atoms with Gasteiger partial charge in [-0.2, -0.15) is 5.10 Å². The highest BCUT2D eigenvalue weighted by Crippen LogP contribution is 2.28. The fourth-order valence-electron chi connectivity index (χ4n) is 2.90. The fourth-order valence-corrected chi connectivity index (χ4v) is 2.90. The third-order valence-corrected chi connectivity index (χ3v) is 4.06. The van der Waals surface area contributed by atoms with Crippen molar-refractivity contribution in [3.63, 3.8) is 0 Å². The molecular weight excluding hydrogens is 252 g/mol. The summed E-state index contributed by atoms with van der Waals surface area (Å²) in [7, 11) is 0. The molecule has 5 nitrogen and oxygen atoms in total. The Morgan fingerprint density at radius 1 is 1.30 bits per heavy atom. The zero-order valence-corrected chi connectivity index (χ0v) is 11.4. The van der Waals surface area contributed by atoms with Crippen molar-refractivity contribution in [2.45, 2.75) is 32.2 Å². The molecule has 0 atom stereocenters. The maximum absolute atomic E-state index is 9.03. The summed E-state index contributed by atoms with van der Waals surface area (Å²) in [6.07, 6.45) is 9.25. The standard InChI is InChI=1S/C15H20N4O/c16-14-6-5-12(7-15(14)18-20)13-8-17-19(10-13)9-11-3-1-2-4-11/h5-8,10-11,18,20H,1-4,9,16H2. The minimum atomic E-state index is 0.519. The Morgan fingerprint density at radius 3 is 2.85 bits per heavy atom. The van der Waals surface area contributed by atoms with Crippen LogP contribution in [0.4, 0.5) is 11.4 Å². The van der Waals surface area contributed by atoms with Crippen LogP contribution in [-0.2, 0) is 6.54 Å². The second-order valence-corrected chi connectivity index (χ2v) is 5.52. The van der Waals surface area contributed by atoms with Crippen LogP contribution < -0.4 is 11.2 Å². The summed E-state index contributed by atoms with van der Waals surface area (Å²) in [5.74, 6) is 0.767. The molecule has 1 fully saturated rings. The minimum absolute atomic E-state index is 0.519. The molecule has 20 heavy (non-hydrogen) atoms. The summed E-state index contributed by atoms with van der Waals surface area (Å²) < 4.78 is 2.02. The second kappa shape index (κ2) is 5.54. The Labute approximate surface area is 118 Å². The molecule has 0 radical (unpaired) electrons. The van der Waals surface area contributed by atoms with E-state index in [1.54, 1.807) is 6.07 Å². The fraction of sp³-hybridized carbons (Fsp3) is 0.400. The van der Waals surface area contributed by atoms with Crippen LogP contribution in [0.3, 0.4) is 0 Å². The van der Waals surface area contributed by atoms with Crippen molar-refractivity contribution in [2.75, 3.05) is 11.2 Å². The number of nitrogens with zero attached hydrogens (tertiary/aromatic N) is 2. The molecule has 0 spiro atoms. The van der Waals surface area contributed by atoms with E-state index in [1.165, 1.54) is 25.7 Å². The van der Waals surface area contributed by atoms with Crippen molar-refractivity contribution >= 4 is 11.4 Å². The van der Waals surface area contributed by atoms with Crippen molar-refractivity contribution in [3.05, 3.63) is 30.6 Å². The quantitative estimate of drug-likeness (QED) is 0.590. The molecule has 1 heterocycles. The predicted octanol–water partition coefficient (Wildman–Crippen LogP) is 3.12. The summed E-state index contributed by atoms with van der Waals surface area (Å²) in [5.41, 5.74) is 10.9. The van der Waals surface area contributed by atoms with E-state index in [-0.39, 0.29) is 0 Å². The van der Waals surface area contributed by atoms with Crippen LogP contribution in [0.5, 0.6) is 0 Å². The average molecular weight is 272 g/mol. The first-order chi connectivity index (χ1) is 9.76. The van der Waals surface area contributed by atoms with Crippen LogP contribution in [0.15, 0.2) is 30.6 Å². The van der Waals surface area contributed by atoms with Gasteiger partial charge in [-0.3, -0.25) is 15.4 Å². The first-order valence-corrected chi connectivity index (χ1v) is 7.09. The van der Waals surface area contributed by atoms with Gasteiger partial charge in [0.2, 0.25) is 0 Å². The zero-order valence-electron chi connectivity index (χ0n) is 11.4. The van der Waals surface area contributed by atoms with Gasteiger partial charge in [-0.15, -0.1) is 0 Å². The van der Waals surface area contributed by atoms with Gasteiger partial charge in [-0.1, -0.05) is 18.9 Å². The molecule has 106 valence electrons. The molecule has 0 unspecified atom stereocenters. The highest BCUT2D eigenvalue weighted by Gasteiger charge is 2.16. The molecular formula is C15H20N4O. The summed E-state index contributed by atoms with van der Waals surface area (Å²) in [5, 5.41) is 13.5. The van der Waals surface area contributed by atoms with E-state index < -0.39 is 0 Å². The maximum atomic E-state index is 9.03. The average Bonchev–Trinajstić information content (AvgIpc) is 3.12. The zero-order chi connectivity index (χ0) is 13.9. The lowest BCUT2D eigenvalue weighted by Crippen LogP contribution is -2.07. The van der Waals surface area contributed by atoms with E-state index in [4.69, 9.17) is 10.9 Å². The van der Waals surface area contributed by atoms with E-state index >= 15 is 0 Å². The molecule has 1 aliphatic carbocycles. The SMILES string of the molecule is Nc1ccc(-c2cnn(CC3CCCC3)c2)cc1NO. The Balaban J connectivity index is 1.78. The highest BCUT2D eigenvalue weighted by atomic mass is 16.5. The van der Waals surface area contributed by atoms with Crippen molar-refractivity contribution in [3.8, 4) is 11.1 Å². The number of nitrogens with two attached hydrogens (primary N) is 1. The summed E-state index contributed by atoms with van der Waals surface area (Å²) in [6, 6.07) is 5.54. The topological polar surface area (TPSA) is 76.1 Å². The molecule has 0 bridgehead atoms. The monoisotopic (exact) mass is 272 g/mol. The molecule has 1 aromatic heterocycles. The highest BCUT2D eigenvalue weighted by molar-refractivity contribution is 5.74. The molecule has 1 saturated carbocycles. The van der Waals surface area contributed by atoms with Gasteiger partial charge in [-0.05, 0) is 36.5 Å². The number of hydrogen-bond acceptors (Lipinski definition) is 4. The molecule has 1 aliphatic rings. The Morgan fingerprint density at radius 2 is 2.10 bits per heavy atom. The van der Waals surface area contributed by atoms with E-state index in [1.807, 2.05) is 23.0 Å². The lowest BCUT2D eigenvalue weighted by Gasteiger charge is -2.08. The van der Waals surface area contributed by atoms with Crippen LogP contribution in [0.2, 0.25) is 0 Å². The number of rotatable bonds is 4. The van der Waals surface area contributed by atoms with E-state index in [2.05, 4.69) is 16.8 Å². The van der Waals surface area contributed by atoms with Crippen LogP contribution in [0.25, 0.3) is 11.1 Å². The summed E-state index contributed by atoms with van der Waals surface area (Å²) in [6.45, 7) is 1.00. The van der Waals surface area contributed by atoms with Gasteiger partial charge < -0.3 is 5.73 Å². The molecule has 0 amide bonds. The van der Waals surface area contributed by atoms with E-state index in [0.29, 0.717) is 11.4 Å². The molecule has 1 aromatic carbocycles. The first kappa shape index (κ1) is 13.0. The number of aromatic nitrogens is 2. The smallest absolute Gasteiger partial charge is 0.0837 e. The van der Waals surface area contributed by atoms with Crippen LogP contribution in [0, 0.1) is 5.92 Å². The molecule has 4 N–H and O–H groups in total. The van der Waals surface area contributed by atoms with E-state index in [0.717, 1.165) is 23.6 Å². The number of nitrogens with one attached hydrogen (secondary N) is 1. The van der Waals surface area contributed by atoms with Crippen molar-refractivity contribution < 1.29 is 5.21 Å². The van der Waals surface area contributed by atoms with E-state index in [9.17, 15) is 0 Å². The minimum Gasteiger partial charge on any atom is -0.397 e. The molecule has 5 heteroatoms. The van der Waals surface area contributed by atoms with Crippen molar-refractivity contribution in [2.24, 2.45) is 5.92 Å². The van der Waals surface area contributed by atoms with Gasteiger partial charge in [0.05, 0.1) is 17.6 Å². The number of benzene rings is 1. The molecule has 3 rings (SSSR count). The summed E-state index contributed by atoms with van der Waals surface area (Å²) in [4.78, 5) is 0. The van der Waals surface area contributed by atoms with Crippen LogP contribution >= 0.6 is 0 Å². The maximum Gasteiger partial charge on any atom is 0.0837 e. The van der Waals surface area contributed by atoms with Crippen molar-refractivity contribution in [1.82, 2.24) is 9.78 Å². The van der Waals surface area contributed by atoms with Gasteiger partial charge >= 0.3 is 0 Å². The predicted molar refractivity (Wildman–Crippen MR) is 79.4 cm³/mol. The van der Waals surface area contributed by atoms with Crippen LogP contribution in [-0.4, -0.2) is 15.0 Å². The summed E-state index contributed by atoms with van der Waals surface area (Å²) >= 11 is 0. The van der Waals surface area contributed by atoms with Gasteiger partial charge in [0, 0.05) is 18.3 Å². The van der Waals surface area contributed by atoms with Gasteiger partial charge in [0.25, 0.3) is 0 Å². The third kappa shape index (κ3) is 2.63. The normalized spacial score (nSPS) is 15.7. The lowest BCUT2D eigenvalue weighted by atomic mass is 10.1. The molecule has 2 aromatic rings. The Bertz CT molecular complexity index is 587. The van der Waals surface area contributed by atoms with Crippen LogP contribution in [0.1, 0.15) is 25.7 Å². The van der Waals surface area contributed by atoms with Crippen molar-refractivity contribution in [1.29, 1.82) is 0 Å². The Hall–Kier alpha value is -2.01. The van der Waals surface area contributed by atoms with Gasteiger partial charge in [-0.25, -0.2) is 0 Å². The number of nitrogen functional groups attached to an aromatic ring is 1. The first-order valence-electron chi connectivity index (χ1n) is 7.09. The van der Waals surface area contributed by atoms with Gasteiger partial charge in [0.1, 0.15) is 0 Å². The van der Waals surface area contributed by atoms with Gasteiger partial charge in [0.15, 0.2) is 0 Å². The third-order valence-electron chi connectivity index (χ3n) is 4.06. The molecule has 0 aliphatic heterocycles. The molecule has 0 saturated heterocycles. The largest absolute Gasteiger partial charge is 0.397 e.